The van der Waals surface area contributed by atoms with Gasteiger partial charge >= 0.3 is 0 Å². The summed E-state index contributed by atoms with van der Waals surface area (Å²) in [6, 6.07) is 4.19. The zero-order chi connectivity index (χ0) is 13.0. The maximum absolute atomic E-state index is 5.81. The van der Waals surface area contributed by atoms with Crippen LogP contribution in [0, 0.1) is 5.92 Å². The van der Waals surface area contributed by atoms with Crippen LogP contribution in [0.2, 0.25) is 0 Å². The predicted octanol–water partition coefficient (Wildman–Crippen LogP) is 2.54. The monoisotopic (exact) mass is 237 g/mol. The first-order valence-corrected chi connectivity index (χ1v) is 6.09. The summed E-state index contributed by atoms with van der Waals surface area (Å²) in [4.78, 5) is 6.59. The van der Waals surface area contributed by atoms with Crippen LogP contribution < -0.4 is 15.4 Å². The molecule has 0 fully saturated rings. The minimum absolute atomic E-state index is 0.417. The first-order valence-electron chi connectivity index (χ1n) is 6.09. The van der Waals surface area contributed by atoms with Crippen LogP contribution in [0.4, 0.5) is 11.5 Å². The van der Waals surface area contributed by atoms with E-state index in [1.165, 1.54) is 0 Å². The van der Waals surface area contributed by atoms with Crippen LogP contribution >= 0.6 is 0 Å². The molecule has 1 rings (SSSR count). The van der Waals surface area contributed by atoms with Crippen LogP contribution in [0.3, 0.4) is 0 Å². The van der Waals surface area contributed by atoms with E-state index in [-0.39, 0.29) is 0 Å². The molecular formula is C13H23N3O. The lowest BCUT2D eigenvalue weighted by molar-refractivity contribution is 0.328. The highest BCUT2D eigenvalue weighted by atomic mass is 16.5. The summed E-state index contributed by atoms with van der Waals surface area (Å²) in [5.41, 5.74) is 6.39. The molecule has 0 bridgehead atoms. The Morgan fingerprint density at radius 1 is 1.35 bits per heavy atom. The van der Waals surface area contributed by atoms with Crippen LogP contribution in [-0.2, 0) is 0 Å². The number of nitrogens with zero attached hydrogens (tertiary/aromatic N) is 2. The highest BCUT2D eigenvalue weighted by Crippen LogP contribution is 2.24. The number of ether oxygens (including phenoxy) is 1. The summed E-state index contributed by atoms with van der Waals surface area (Å²) in [7, 11) is 2.04. The molecule has 0 spiro atoms. The molecule has 1 heterocycles. The molecular weight excluding hydrogens is 214 g/mol. The number of hydrogen-bond donors (Lipinski definition) is 1. The van der Waals surface area contributed by atoms with Gasteiger partial charge in [0.25, 0.3) is 0 Å². The molecule has 1 atom stereocenters. The fourth-order valence-corrected chi connectivity index (χ4v) is 1.55. The van der Waals surface area contributed by atoms with E-state index in [1.54, 1.807) is 0 Å². The van der Waals surface area contributed by atoms with E-state index < -0.39 is 0 Å². The Morgan fingerprint density at radius 2 is 2.00 bits per heavy atom. The van der Waals surface area contributed by atoms with Crippen molar-refractivity contribution in [2.75, 3.05) is 24.3 Å². The van der Waals surface area contributed by atoms with Gasteiger partial charge < -0.3 is 15.4 Å². The lowest BCUT2D eigenvalue weighted by Gasteiger charge is -2.29. The first kappa shape index (κ1) is 13.6. The smallest absolute Gasteiger partial charge is 0.239 e. The molecule has 4 nitrogen and oxygen atoms in total. The van der Waals surface area contributed by atoms with Gasteiger partial charge in [-0.25, -0.2) is 0 Å². The largest absolute Gasteiger partial charge is 0.476 e. The van der Waals surface area contributed by atoms with Crippen LogP contribution in [0.25, 0.3) is 0 Å². The van der Waals surface area contributed by atoms with Crippen molar-refractivity contribution in [2.45, 2.75) is 33.7 Å². The number of hydrogen-bond acceptors (Lipinski definition) is 4. The van der Waals surface area contributed by atoms with Gasteiger partial charge in [-0.2, -0.15) is 4.98 Å². The predicted molar refractivity (Wildman–Crippen MR) is 72.5 cm³/mol. The van der Waals surface area contributed by atoms with Crippen LogP contribution in [0.15, 0.2) is 12.1 Å². The Hall–Kier alpha value is -1.45. The molecule has 1 aromatic rings. The van der Waals surface area contributed by atoms with E-state index >= 15 is 0 Å². The standard InChI is InChI=1S/C13H23N3O/c1-6-17-13-11(14)7-8-12(15-13)16(5)10(4)9(2)3/h7-10H,6,14H2,1-5H3. The van der Waals surface area contributed by atoms with Crippen molar-refractivity contribution >= 4 is 11.5 Å². The van der Waals surface area contributed by atoms with Crippen molar-refractivity contribution < 1.29 is 4.74 Å². The first-order chi connectivity index (χ1) is 7.97. The summed E-state index contributed by atoms with van der Waals surface area (Å²) < 4.78 is 5.40. The highest BCUT2D eigenvalue weighted by Gasteiger charge is 2.16. The molecule has 1 aromatic heterocycles. The lowest BCUT2D eigenvalue weighted by Crippen LogP contribution is -2.33. The second kappa shape index (κ2) is 5.75. The van der Waals surface area contributed by atoms with Gasteiger partial charge in [0.15, 0.2) is 0 Å². The average molecular weight is 237 g/mol. The summed E-state index contributed by atoms with van der Waals surface area (Å²) in [5, 5.41) is 0. The molecule has 2 N–H and O–H groups in total. The molecule has 1 unspecified atom stereocenters. The maximum Gasteiger partial charge on any atom is 0.239 e. The average Bonchev–Trinajstić information content (AvgIpc) is 2.30. The van der Waals surface area contributed by atoms with Crippen molar-refractivity contribution in [3.63, 3.8) is 0 Å². The van der Waals surface area contributed by atoms with Gasteiger partial charge in [-0.15, -0.1) is 0 Å². The normalized spacial score (nSPS) is 12.6. The molecule has 0 saturated heterocycles. The van der Waals surface area contributed by atoms with Gasteiger partial charge in [0, 0.05) is 13.1 Å². The summed E-state index contributed by atoms with van der Waals surface area (Å²) in [5.74, 6) is 1.98. The Kier molecular flexibility index (Phi) is 4.61. The van der Waals surface area contributed by atoms with Gasteiger partial charge in [0.1, 0.15) is 5.82 Å². The fraction of sp³-hybridized carbons (Fsp3) is 0.615. The molecule has 0 aliphatic heterocycles. The molecule has 0 saturated carbocycles. The molecule has 96 valence electrons. The van der Waals surface area contributed by atoms with Crippen LogP contribution in [0.5, 0.6) is 5.88 Å². The summed E-state index contributed by atoms with van der Waals surface area (Å²) in [6.07, 6.45) is 0. The second-order valence-electron chi connectivity index (χ2n) is 4.59. The molecule has 0 radical (unpaired) electrons. The molecule has 0 amide bonds. The van der Waals surface area contributed by atoms with Gasteiger partial charge in [0.05, 0.1) is 12.3 Å². The van der Waals surface area contributed by atoms with E-state index in [9.17, 15) is 0 Å². The SMILES string of the molecule is CCOc1nc(N(C)C(C)C(C)C)ccc1N. The number of rotatable bonds is 5. The number of pyridine rings is 1. The summed E-state index contributed by atoms with van der Waals surface area (Å²) in [6.45, 7) is 9.07. The lowest BCUT2D eigenvalue weighted by atomic mass is 10.1. The molecule has 0 aliphatic rings. The van der Waals surface area contributed by atoms with Gasteiger partial charge in [-0.05, 0) is 31.9 Å². The number of aromatic nitrogens is 1. The summed E-state index contributed by atoms with van der Waals surface area (Å²) >= 11 is 0. The fourth-order valence-electron chi connectivity index (χ4n) is 1.55. The number of nitrogens with two attached hydrogens (primary N) is 1. The molecule has 4 heteroatoms. The second-order valence-corrected chi connectivity index (χ2v) is 4.59. The maximum atomic E-state index is 5.81. The van der Waals surface area contributed by atoms with Crippen molar-refractivity contribution in [3.8, 4) is 5.88 Å². The third-order valence-electron chi connectivity index (χ3n) is 3.09. The molecule has 0 aliphatic carbocycles. The van der Waals surface area contributed by atoms with Crippen molar-refractivity contribution in [3.05, 3.63) is 12.1 Å². The van der Waals surface area contributed by atoms with E-state index in [0.29, 0.717) is 30.1 Å². The quantitative estimate of drug-likeness (QED) is 0.855. The Bertz CT molecular complexity index is 366. The third-order valence-corrected chi connectivity index (χ3v) is 3.09. The van der Waals surface area contributed by atoms with E-state index in [2.05, 4.69) is 30.7 Å². The topological polar surface area (TPSA) is 51.4 Å². The number of anilines is 2. The molecule has 0 aromatic carbocycles. The van der Waals surface area contributed by atoms with Crippen LogP contribution in [-0.4, -0.2) is 24.7 Å². The Morgan fingerprint density at radius 3 is 2.53 bits per heavy atom. The van der Waals surface area contributed by atoms with Gasteiger partial charge in [-0.1, -0.05) is 13.8 Å². The van der Waals surface area contributed by atoms with E-state index in [0.717, 1.165) is 5.82 Å². The van der Waals surface area contributed by atoms with Crippen LogP contribution in [0.1, 0.15) is 27.7 Å². The number of nitrogen functional groups attached to an aromatic ring is 1. The van der Waals surface area contributed by atoms with Crippen molar-refractivity contribution in [1.29, 1.82) is 0 Å². The Balaban J connectivity index is 2.94. The van der Waals surface area contributed by atoms with Crippen molar-refractivity contribution in [1.82, 2.24) is 4.98 Å². The minimum Gasteiger partial charge on any atom is -0.476 e. The van der Waals surface area contributed by atoms with Crippen molar-refractivity contribution in [2.24, 2.45) is 5.92 Å². The highest BCUT2D eigenvalue weighted by molar-refractivity contribution is 5.54. The zero-order valence-electron chi connectivity index (χ0n) is 11.4. The third kappa shape index (κ3) is 3.25. The zero-order valence-corrected chi connectivity index (χ0v) is 11.4. The minimum atomic E-state index is 0.417. The molecule has 17 heavy (non-hydrogen) atoms. The van der Waals surface area contributed by atoms with Gasteiger partial charge in [-0.3, -0.25) is 0 Å². The van der Waals surface area contributed by atoms with Gasteiger partial charge in [0.2, 0.25) is 5.88 Å². The van der Waals surface area contributed by atoms with E-state index in [1.807, 2.05) is 26.1 Å². The van der Waals surface area contributed by atoms with E-state index in [4.69, 9.17) is 10.5 Å². The Labute approximate surface area is 104 Å².